The summed E-state index contributed by atoms with van der Waals surface area (Å²) in [4.78, 5) is 14.5. The van der Waals surface area contributed by atoms with Gasteiger partial charge in [-0.1, -0.05) is 0 Å². The van der Waals surface area contributed by atoms with Crippen molar-refractivity contribution in [3.63, 3.8) is 0 Å². The maximum atomic E-state index is 10.8. The van der Waals surface area contributed by atoms with Crippen molar-refractivity contribution in [3.05, 3.63) is 12.2 Å². The van der Waals surface area contributed by atoms with E-state index in [0.29, 0.717) is 6.42 Å². The van der Waals surface area contributed by atoms with Crippen molar-refractivity contribution in [1.82, 2.24) is 14.8 Å². The van der Waals surface area contributed by atoms with Crippen molar-refractivity contribution >= 4 is 5.91 Å². The fourth-order valence-corrected chi connectivity index (χ4v) is 2.09. The van der Waals surface area contributed by atoms with Crippen LogP contribution in [0.2, 0.25) is 0 Å². The molecule has 8 nitrogen and oxygen atoms in total. The Balaban J connectivity index is 2.19. The Bertz CT molecular complexity index is 421. The van der Waals surface area contributed by atoms with Crippen LogP contribution in [0.4, 0.5) is 0 Å². The van der Waals surface area contributed by atoms with Crippen LogP contribution in [0.3, 0.4) is 0 Å². The smallest absolute Gasteiger partial charge is 0.288 e. The average molecular weight is 242 g/mol. The van der Waals surface area contributed by atoms with Gasteiger partial charge in [0, 0.05) is 12.5 Å². The second-order valence-corrected chi connectivity index (χ2v) is 4.14. The molecule has 94 valence electrons. The lowest BCUT2D eigenvalue weighted by Crippen LogP contribution is -2.30. The first-order valence-corrected chi connectivity index (χ1v) is 5.22. The third kappa shape index (κ3) is 2.02. The summed E-state index contributed by atoms with van der Waals surface area (Å²) in [5.74, 6) is -1.30. The number of hydrogen-bond acceptors (Lipinski definition) is 6. The molecule has 1 aromatic heterocycles. The Hall–Kier alpha value is -1.51. The molecule has 1 fully saturated rings. The molecule has 0 aromatic carbocycles. The molecule has 1 heterocycles. The maximum Gasteiger partial charge on any atom is 0.288 e. The lowest BCUT2D eigenvalue weighted by Gasteiger charge is -2.16. The predicted molar refractivity (Wildman–Crippen MR) is 54.8 cm³/mol. The van der Waals surface area contributed by atoms with Crippen molar-refractivity contribution in [2.24, 2.45) is 11.7 Å². The van der Waals surface area contributed by atoms with Gasteiger partial charge < -0.3 is 21.1 Å². The molecule has 1 unspecified atom stereocenters. The van der Waals surface area contributed by atoms with Crippen LogP contribution in [0.5, 0.6) is 0 Å². The minimum Gasteiger partial charge on any atom is -0.396 e. The van der Waals surface area contributed by atoms with Crippen molar-refractivity contribution in [2.45, 2.75) is 24.7 Å². The zero-order valence-electron chi connectivity index (χ0n) is 8.97. The molecule has 1 aliphatic rings. The van der Waals surface area contributed by atoms with E-state index in [1.165, 1.54) is 11.0 Å². The van der Waals surface area contributed by atoms with Crippen molar-refractivity contribution < 1.29 is 20.1 Å². The number of carbonyl (C=O) groups is 1. The third-order valence-corrected chi connectivity index (χ3v) is 3.07. The van der Waals surface area contributed by atoms with Crippen LogP contribution >= 0.6 is 0 Å². The second-order valence-electron chi connectivity index (χ2n) is 4.14. The molecule has 1 amide bonds. The van der Waals surface area contributed by atoms with Gasteiger partial charge in [-0.2, -0.15) is 0 Å². The minimum atomic E-state index is -1.05. The van der Waals surface area contributed by atoms with Crippen LogP contribution in [-0.4, -0.2) is 54.8 Å². The summed E-state index contributed by atoms with van der Waals surface area (Å²) in [6.07, 6.45) is -0.415. The molecule has 8 heteroatoms. The molecule has 1 aliphatic carbocycles. The quantitative estimate of drug-likeness (QED) is 0.469. The van der Waals surface area contributed by atoms with E-state index in [0.717, 1.165) is 0 Å². The number of rotatable bonds is 3. The number of carbonyl (C=O) groups excluding carboxylic acids is 1. The van der Waals surface area contributed by atoms with E-state index in [1.807, 2.05) is 0 Å². The van der Waals surface area contributed by atoms with E-state index in [-0.39, 0.29) is 12.4 Å². The van der Waals surface area contributed by atoms with Gasteiger partial charge in [-0.05, 0) is 6.42 Å². The topological polar surface area (TPSA) is 134 Å². The Morgan fingerprint density at radius 3 is 2.71 bits per heavy atom. The number of nitrogens with two attached hydrogens (primary N) is 1. The fraction of sp³-hybridized carbons (Fsp3) is 0.667. The number of aliphatic hydroxyl groups is 3. The summed E-state index contributed by atoms with van der Waals surface area (Å²) in [7, 11) is 0. The van der Waals surface area contributed by atoms with Crippen LogP contribution in [0.1, 0.15) is 23.1 Å². The van der Waals surface area contributed by atoms with Crippen molar-refractivity contribution in [1.29, 1.82) is 0 Å². The largest absolute Gasteiger partial charge is 0.396 e. The first-order valence-electron chi connectivity index (χ1n) is 5.22. The average Bonchev–Trinajstić information content (AvgIpc) is 2.87. The predicted octanol–water partition coefficient (Wildman–Crippen LogP) is -2.35. The SMILES string of the molecule is NC(=O)c1ncn([C@@H]2C[C@H](CO)[C@H](O)C2O)n1. The van der Waals surface area contributed by atoms with Crippen molar-refractivity contribution in [3.8, 4) is 0 Å². The number of hydrogen-bond donors (Lipinski definition) is 4. The Labute approximate surface area is 96.7 Å². The third-order valence-electron chi connectivity index (χ3n) is 3.07. The molecule has 0 aliphatic heterocycles. The van der Waals surface area contributed by atoms with Gasteiger partial charge in [-0.3, -0.25) is 4.79 Å². The Morgan fingerprint density at radius 2 is 2.24 bits per heavy atom. The van der Waals surface area contributed by atoms with Crippen LogP contribution in [0, 0.1) is 5.92 Å². The molecular weight excluding hydrogens is 228 g/mol. The van der Waals surface area contributed by atoms with Crippen LogP contribution < -0.4 is 5.73 Å². The summed E-state index contributed by atoms with van der Waals surface area (Å²) in [5.41, 5.74) is 5.01. The normalized spacial score (nSPS) is 32.9. The lowest BCUT2D eigenvalue weighted by atomic mass is 10.1. The van der Waals surface area contributed by atoms with Gasteiger partial charge in [0.25, 0.3) is 5.91 Å². The zero-order chi connectivity index (χ0) is 12.6. The van der Waals surface area contributed by atoms with E-state index >= 15 is 0 Å². The van der Waals surface area contributed by atoms with E-state index in [9.17, 15) is 15.0 Å². The number of aliphatic hydroxyl groups excluding tert-OH is 3. The number of aromatic nitrogens is 3. The highest BCUT2D eigenvalue weighted by Gasteiger charge is 2.42. The molecule has 5 N–H and O–H groups in total. The molecule has 1 aromatic rings. The molecular formula is C9H14N4O4. The number of nitrogens with zero attached hydrogens (tertiary/aromatic N) is 3. The zero-order valence-corrected chi connectivity index (χ0v) is 8.97. The molecule has 1 saturated carbocycles. The first-order chi connectivity index (χ1) is 8.04. The van der Waals surface area contributed by atoms with Gasteiger partial charge in [0.2, 0.25) is 5.82 Å². The standard InChI is InChI=1S/C9H14N4O4/c10-8(17)9-11-3-13(12-9)5-1-4(2-14)6(15)7(5)16/h3-7,14-16H,1-2H2,(H2,10,17)/t4-,5-,6+,7?/m1/s1. The summed E-state index contributed by atoms with van der Waals surface area (Å²) in [5, 5.41) is 32.3. The monoisotopic (exact) mass is 242 g/mol. The number of amides is 1. The van der Waals surface area contributed by atoms with E-state index in [4.69, 9.17) is 10.8 Å². The van der Waals surface area contributed by atoms with Gasteiger partial charge in [0.15, 0.2) is 0 Å². The van der Waals surface area contributed by atoms with Crippen LogP contribution in [0.25, 0.3) is 0 Å². The van der Waals surface area contributed by atoms with Gasteiger partial charge in [-0.15, -0.1) is 5.10 Å². The van der Waals surface area contributed by atoms with Gasteiger partial charge in [-0.25, -0.2) is 9.67 Å². The number of primary amides is 1. The highest BCUT2D eigenvalue weighted by Crippen LogP contribution is 2.34. The maximum absolute atomic E-state index is 10.8. The molecule has 4 atom stereocenters. The lowest BCUT2D eigenvalue weighted by molar-refractivity contribution is -0.00541. The molecule has 0 bridgehead atoms. The fourth-order valence-electron chi connectivity index (χ4n) is 2.09. The molecule has 0 saturated heterocycles. The summed E-state index contributed by atoms with van der Waals surface area (Å²) in [6, 6.07) is -0.511. The van der Waals surface area contributed by atoms with Gasteiger partial charge in [0.1, 0.15) is 12.4 Å². The van der Waals surface area contributed by atoms with Crippen LogP contribution in [0.15, 0.2) is 6.33 Å². The molecule has 0 radical (unpaired) electrons. The first kappa shape index (κ1) is 12.0. The van der Waals surface area contributed by atoms with E-state index in [2.05, 4.69) is 10.1 Å². The van der Waals surface area contributed by atoms with Gasteiger partial charge in [0.05, 0.1) is 12.1 Å². The van der Waals surface area contributed by atoms with Gasteiger partial charge >= 0.3 is 0 Å². The Morgan fingerprint density at radius 1 is 1.53 bits per heavy atom. The van der Waals surface area contributed by atoms with Crippen molar-refractivity contribution in [2.75, 3.05) is 6.61 Å². The second kappa shape index (κ2) is 4.40. The summed E-state index contributed by atoms with van der Waals surface area (Å²) in [6.45, 7) is -0.216. The summed E-state index contributed by atoms with van der Waals surface area (Å²) >= 11 is 0. The van der Waals surface area contributed by atoms with Crippen LogP contribution in [-0.2, 0) is 0 Å². The highest BCUT2D eigenvalue weighted by atomic mass is 16.3. The summed E-state index contributed by atoms with van der Waals surface area (Å²) < 4.78 is 1.30. The molecule has 17 heavy (non-hydrogen) atoms. The van der Waals surface area contributed by atoms with E-state index < -0.39 is 30.1 Å². The highest BCUT2D eigenvalue weighted by molar-refractivity contribution is 5.88. The Kier molecular flexibility index (Phi) is 3.09. The molecule has 2 rings (SSSR count). The minimum absolute atomic E-state index is 0.140. The molecule has 0 spiro atoms. The van der Waals surface area contributed by atoms with E-state index in [1.54, 1.807) is 0 Å².